The zero-order chi connectivity index (χ0) is 19.3. The lowest BCUT2D eigenvalue weighted by atomic mass is 10.1. The number of carbonyl (C=O) groups excluding carboxylic acids is 1. The molecule has 28 heavy (non-hydrogen) atoms. The van der Waals surface area contributed by atoms with Gasteiger partial charge in [0.15, 0.2) is 0 Å². The van der Waals surface area contributed by atoms with Crippen molar-refractivity contribution in [2.45, 2.75) is 19.3 Å². The smallest absolute Gasteiger partial charge is 0.246 e. The predicted octanol–water partition coefficient (Wildman–Crippen LogP) is 4.70. The number of aromatic nitrogens is 2. The van der Waals surface area contributed by atoms with E-state index < -0.39 is 0 Å². The fourth-order valence-corrected chi connectivity index (χ4v) is 3.44. The first-order valence-corrected chi connectivity index (χ1v) is 9.59. The van der Waals surface area contributed by atoms with E-state index in [1.54, 1.807) is 22.9 Å². The van der Waals surface area contributed by atoms with Crippen molar-refractivity contribution < 1.29 is 9.18 Å². The Kier molecular flexibility index (Phi) is 5.33. The molecule has 0 atom stereocenters. The molecular formula is C23H22FN3O. The van der Waals surface area contributed by atoms with Gasteiger partial charge in [0, 0.05) is 36.5 Å². The molecule has 1 fully saturated rings. The maximum Gasteiger partial charge on any atom is 0.246 e. The van der Waals surface area contributed by atoms with Crippen molar-refractivity contribution in [3.8, 4) is 16.9 Å². The molecule has 142 valence electrons. The average Bonchev–Trinajstić information content (AvgIpc) is 3.18. The fourth-order valence-electron chi connectivity index (χ4n) is 3.44. The molecule has 0 radical (unpaired) electrons. The van der Waals surface area contributed by atoms with Crippen molar-refractivity contribution in [2.75, 3.05) is 13.1 Å². The third-order valence-electron chi connectivity index (χ3n) is 4.95. The second-order valence-electron chi connectivity index (χ2n) is 6.94. The van der Waals surface area contributed by atoms with Gasteiger partial charge in [-0.3, -0.25) is 4.79 Å². The Labute approximate surface area is 163 Å². The van der Waals surface area contributed by atoms with E-state index in [-0.39, 0.29) is 11.7 Å². The maximum absolute atomic E-state index is 13.3. The summed E-state index contributed by atoms with van der Waals surface area (Å²) in [6, 6.07) is 16.0. The highest BCUT2D eigenvalue weighted by Crippen LogP contribution is 2.25. The number of benzene rings is 2. The van der Waals surface area contributed by atoms with Crippen LogP contribution in [-0.2, 0) is 4.79 Å². The van der Waals surface area contributed by atoms with Crippen molar-refractivity contribution in [1.29, 1.82) is 0 Å². The van der Waals surface area contributed by atoms with Crippen LogP contribution in [0.15, 0.2) is 66.9 Å². The van der Waals surface area contributed by atoms with Crippen molar-refractivity contribution in [3.05, 3.63) is 78.3 Å². The average molecular weight is 375 g/mol. The van der Waals surface area contributed by atoms with Gasteiger partial charge in [0.1, 0.15) is 5.82 Å². The number of rotatable bonds is 4. The van der Waals surface area contributed by atoms with Gasteiger partial charge in [-0.05, 0) is 61.7 Å². The summed E-state index contributed by atoms with van der Waals surface area (Å²) in [7, 11) is 0. The van der Waals surface area contributed by atoms with Crippen LogP contribution in [0, 0.1) is 5.82 Å². The Morgan fingerprint density at radius 1 is 0.964 bits per heavy atom. The molecular weight excluding hydrogens is 353 g/mol. The van der Waals surface area contributed by atoms with Crippen LogP contribution >= 0.6 is 0 Å². The first-order chi connectivity index (χ1) is 13.7. The van der Waals surface area contributed by atoms with Crippen LogP contribution in [0.1, 0.15) is 24.8 Å². The van der Waals surface area contributed by atoms with Gasteiger partial charge in [0.2, 0.25) is 5.91 Å². The monoisotopic (exact) mass is 375 g/mol. The van der Waals surface area contributed by atoms with E-state index in [1.807, 2.05) is 47.5 Å². The molecule has 1 aliphatic rings. The van der Waals surface area contributed by atoms with Crippen molar-refractivity contribution >= 4 is 12.0 Å². The third-order valence-corrected chi connectivity index (χ3v) is 4.95. The van der Waals surface area contributed by atoms with E-state index in [9.17, 15) is 9.18 Å². The van der Waals surface area contributed by atoms with Crippen LogP contribution in [0.2, 0.25) is 0 Å². The zero-order valence-corrected chi connectivity index (χ0v) is 15.6. The number of piperidine rings is 1. The van der Waals surface area contributed by atoms with Crippen LogP contribution in [0.5, 0.6) is 0 Å². The quantitative estimate of drug-likeness (QED) is 0.620. The van der Waals surface area contributed by atoms with Crippen LogP contribution in [0.4, 0.5) is 4.39 Å². The van der Waals surface area contributed by atoms with Crippen LogP contribution in [0.25, 0.3) is 23.0 Å². The molecule has 1 aromatic heterocycles. The number of nitrogens with zero attached hydrogens (tertiary/aromatic N) is 3. The second kappa shape index (κ2) is 8.21. The van der Waals surface area contributed by atoms with Crippen molar-refractivity contribution in [2.24, 2.45) is 0 Å². The number of para-hydroxylation sites is 1. The summed E-state index contributed by atoms with van der Waals surface area (Å²) < 4.78 is 15.1. The molecule has 0 bridgehead atoms. The lowest BCUT2D eigenvalue weighted by Crippen LogP contribution is -2.34. The Hall–Kier alpha value is -3.21. The minimum atomic E-state index is -0.288. The van der Waals surface area contributed by atoms with Gasteiger partial charge in [-0.2, -0.15) is 5.10 Å². The molecule has 1 aliphatic heterocycles. The number of amides is 1. The summed E-state index contributed by atoms with van der Waals surface area (Å²) in [6.45, 7) is 1.63. The van der Waals surface area contributed by atoms with Crippen LogP contribution in [-0.4, -0.2) is 33.7 Å². The van der Waals surface area contributed by atoms with Gasteiger partial charge in [-0.1, -0.05) is 18.2 Å². The largest absolute Gasteiger partial charge is 0.339 e. The molecule has 0 spiro atoms. The van der Waals surface area contributed by atoms with E-state index >= 15 is 0 Å². The summed E-state index contributed by atoms with van der Waals surface area (Å²) in [6.07, 6.45) is 8.63. The number of hydrogen-bond donors (Lipinski definition) is 0. The molecule has 1 saturated heterocycles. The molecule has 0 saturated carbocycles. The van der Waals surface area contributed by atoms with Crippen LogP contribution in [0.3, 0.4) is 0 Å². The molecule has 2 aromatic carbocycles. The molecule has 5 heteroatoms. The molecule has 3 aromatic rings. The molecule has 4 nitrogen and oxygen atoms in total. The highest BCUT2D eigenvalue weighted by atomic mass is 19.1. The molecule has 1 amide bonds. The number of carbonyl (C=O) groups is 1. The minimum absolute atomic E-state index is 0.0252. The molecule has 0 N–H and O–H groups in total. The summed E-state index contributed by atoms with van der Waals surface area (Å²) in [4.78, 5) is 14.4. The SMILES string of the molecule is O=C(/C=C\c1cn(-c2ccccc2)nc1-c1ccc(F)cc1)N1CCCCC1. The summed E-state index contributed by atoms with van der Waals surface area (Å²) in [5, 5.41) is 4.69. The van der Waals surface area contributed by atoms with Gasteiger partial charge < -0.3 is 4.90 Å². The summed E-state index contributed by atoms with van der Waals surface area (Å²) >= 11 is 0. The Morgan fingerprint density at radius 3 is 2.39 bits per heavy atom. The Morgan fingerprint density at radius 2 is 1.68 bits per heavy atom. The number of likely N-dealkylation sites (tertiary alicyclic amines) is 1. The van der Waals surface area contributed by atoms with E-state index in [1.165, 1.54) is 18.6 Å². The molecule has 2 heterocycles. The Bertz CT molecular complexity index is 971. The highest BCUT2D eigenvalue weighted by Gasteiger charge is 2.15. The van der Waals surface area contributed by atoms with Gasteiger partial charge in [0.05, 0.1) is 11.4 Å². The molecule has 0 unspecified atom stereocenters. The first-order valence-electron chi connectivity index (χ1n) is 9.59. The maximum atomic E-state index is 13.3. The van der Waals surface area contributed by atoms with E-state index in [4.69, 9.17) is 0 Å². The summed E-state index contributed by atoms with van der Waals surface area (Å²) in [5.41, 5.74) is 3.27. The van der Waals surface area contributed by atoms with Gasteiger partial charge >= 0.3 is 0 Å². The minimum Gasteiger partial charge on any atom is -0.339 e. The second-order valence-corrected chi connectivity index (χ2v) is 6.94. The summed E-state index contributed by atoms with van der Waals surface area (Å²) in [5.74, 6) is -0.263. The van der Waals surface area contributed by atoms with E-state index in [0.717, 1.165) is 42.7 Å². The number of halogens is 1. The van der Waals surface area contributed by atoms with Crippen molar-refractivity contribution in [1.82, 2.24) is 14.7 Å². The highest BCUT2D eigenvalue weighted by molar-refractivity contribution is 5.93. The van der Waals surface area contributed by atoms with Gasteiger partial charge in [-0.15, -0.1) is 0 Å². The molecule has 0 aliphatic carbocycles. The van der Waals surface area contributed by atoms with Crippen molar-refractivity contribution in [3.63, 3.8) is 0 Å². The Balaban J connectivity index is 1.67. The third kappa shape index (κ3) is 4.03. The normalized spacial score (nSPS) is 14.5. The number of hydrogen-bond acceptors (Lipinski definition) is 2. The first kappa shape index (κ1) is 18.2. The lowest BCUT2D eigenvalue weighted by Gasteiger charge is -2.25. The standard InChI is InChI=1S/C23H22FN3O/c24-20-12-9-18(10-13-20)23-19(11-14-22(28)26-15-5-2-6-16-26)17-27(25-23)21-7-3-1-4-8-21/h1,3-4,7-14,17H,2,5-6,15-16H2/b14-11-. The van der Waals surface area contributed by atoms with Gasteiger partial charge in [0.25, 0.3) is 0 Å². The fraction of sp³-hybridized carbons (Fsp3) is 0.217. The van der Waals surface area contributed by atoms with E-state index in [2.05, 4.69) is 5.10 Å². The van der Waals surface area contributed by atoms with Crippen LogP contribution < -0.4 is 0 Å². The topological polar surface area (TPSA) is 38.1 Å². The lowest BCUT2D eigenvalue weighted by molar-refractivity contribution is -0.126. The predicted molar refractivity (Wildman–Crippen MR) is 108 cm³/mol. The molecule has 4 rings (SSSR count). The van der Waals surface area contributed by atoms with E-state index in [0.29, 0.717) is 5.69 Å². The van der Waals surface area contributed by atoms with Gasteiger partial charge in [-0.25, -0.2) is 9.07 Å². The zero-order valence-electron chi connectivity index (χ0n) is 15.6.